The SMILES string of the molecule is COc1ccc(F)cc1C(=O)COC(=O)c1ccccc1NCc1ccco1. The Hall–Kier alpha value is -3.61. The normalized spacial score (nSPS) is 10.4. The lowest BCUT2D eigenvalue weighted by Gasteiger charge is -2.11. The van der Waals surface area contributed by atoms with Crippen LogP contribution in [0, 0.1) is 5.82 Å². The van der Waals surface area contributed by atoms with Crippen molar-refractivity contribution < 1.29 is 27.9 Å². The summed E-state index contributed by atoms with van der Waals surface area (Å²) in [6.45, 7) is -0.151. The number of rotatable bonds is 8. The van der Waals surface area contributed by atoms with E-state index in [1.54, 1.807) is 42.7 Å². The summed E-state index contributed by atoms with van der Waals surface area (Å²) in [5, 5.41) is 3.09. The topological polar surface area (TPSA) is 77.8 Å². The van der Waals surface area contributed by atoms with Crippen LogP contribution in [0.5, 0.6) is 5.75 Å². The minimum absolute atomic E-state index is 0.0135. The number of Topliss-reactive ketones (excluding diaryl/α,β-unsaturated/α-hetero) is 1. The minimum atomic E-state index is -0.675. The molecule has 0 fully saturated rings. The highest BCUT2D eigenvalue weighted by molar-refractivity contribution is 6.02. The average molecular weight is 383 g/mol. The Morgan fingerprint density at radius 1 is 1.07 bits per heavy atom. The van der Waals surface area contributed by atoms with Crippen molar-refractivity contribution in [3.8, 4) is 5.75 Å². The summed E-state index contributed by atoms with van der Waals surface area (Å²) in [7, 11) is 1.37. The van der Waals surface area contributed by atoms with E-state index in [-0.39, 0.29) is 16.9 Å². The number of furan rings is 1. The van der Waals surface area contributed by atoms with Gasteiger partial charge in [-0.2, -0.15) is 0 Å². The number of hydrogen-bond donors (Lipinski definition) is 1. The van der Waals surface area contributed by atoms with Crippen LogP contribution in [-0.4, -0.2) is 25.5 Å². The lowest BCUT2D eigenvalue weighted by molar-refractivity contribution is 0.0474. The van der Waals surface area contributed by atoms with Gasteiger partial charge in [-0.05, 0) is 42.5 Å². The third-order valence-corrected chi connectivity index (χ3v) is 3.98. The van der Waals surface area contributed by atoms with Gasteiger partial charge in [-0.3, -0.25) is 4.79 Å². The predicted molar refractivity (Wildman–Crippen MR) is 100 cm³/mol. The molecule has 6 nitrogen and oxygen atoms in total. The Balaban J connectivity index is 1.67. The molecule has 0 atom stereocenters. The predicted octanol–water partition coefficient (Wildman–Crippen LogP) is 4.08. The Kier molecular flexibility index (Phi) is 6.06. The number of esters is 1. The summed E-state index contributed by atoms with van der Waals surface area (Å²) in [6.07, 6.45) is 1.56. The summed E-state index contributed by atoms with van der Waals surface area (Å²) in [6, 6.07) is 13.9. The molecule has 0 unspecified atom stereocenters. The number of hydrogen-bond acceptors (Lipinski definition) is 6. The van der Waals surface area contributed by atoms with Crippen LogP contribution in [0.1, 0.15) is 26.5 Å². The van der Waals surface area contributed by atoms with Gasteiger partial charge >= 0.3 is 5.97 Å². The molecular weight excluding hydrogens is 365 g/mol. The van der Waals surface area contributed by atoms with E-state index in [0.717, 1.165) is 6.07 Å². The number of benzene rings is 2. The van der Waals surface area contributed by atoms with E-state index in [1.807, 2.05) is 0 Å². The third-order valence-electron chi connectivity index (χ3n) is 3.98. The van der Waals surface area contributed by atoms with Crippen LogP contribution in [-0.2, 0) is 11.3 Å². The molecule has 0 aliphatic rings. The average Bonchev–Trinajstić information content (AvgIpc) is 3.24. The van der Waals surface area contributed by atoms with Crippen LogP contribution in [0.3, 0.4) is 0 Å². The molecule has 3 aromatic rings. The quantitative estimate of drug-likeness (QED) is 0.467. The van der Waals surface area contributed by atoms with Crippen LogP contribution >= 0.6 is 0 Å². The van der Waals surface area contributed by atoms with Crippen molar-refractivity contribution in [3.63, 3.8) is 0 Å². The summed E-state index contributed by atoms with van der Waals surface area (Å²) < 4.78 is 28.9. The van der Waals surface area contributed by atoms with Gasteiger partial charge in [0.1, 0.15) is 17.3 Å². The molecule has 0 saturated heterocycles. The van der Waals surface area contributed by atoms with Crippen molar-refractivity contribution in [1.82, 2.24) is 0 Å². The molecule has 0 saturated carbocycles. The molecule has 1 N–H and O–H groups in total. The first-order valence-corrected chi connectivity index (χ1v) is 8.47. The fourth-order valence-electron chi connectivity index (χ4n) is 2.60. The molecule has 0 aliphatic heterocycles. The summed E-state index contributed by atoms with van der Waals surface area (Å²) >= 11 is 0. The molecule has 2 aromatic carbocycles. The smallest absolute Gasteiger partial charge is 0.340 e. The number of anilines is 1. The summed E-state index contributed by atoms with van der Waals surface area (Å²) in [5.74, 6) is -0.903. The molecule has 28 heavy (non-hydrogen) atoms. The van der Waals surface area contributed by atoms with Gasteiger partial charge in [0.25, 0.3) is 0 Å². The molecule has 0 amide bonds. The van der Waals surface area contributed by atoms with Crippen LogP contribution in [0.4, 0.5) is 10.1 Å². The molecule has 0 aliphatic carbocycles. The van der Waals surface area contributed by atoms with E-state index < -0.39 is 24.2 Å². The third kappa shape index (κ3) is 4.56. The maximum atomic E-state index is 13.4. The first-order valence-electron chi connectivity index (χ1n) is 8.47. The van der Waals surface area contributed by atoms with Crippen LogP contribution < -0.4 is 10.1 Å². The van der Waals surface area contributed by atoms with Crippen molar-refractivity contribution in [2.45, 2.75) is 6.54 Å². The van der Waals surface area contributed by atoms with E-state index in [9.17, 15) is 14.0 Å². The lowest BCUT2D eigenvalue weighted by atomic mass is 10.1. The van der Waals surface area contributed by atoms with E-state index in [1.165, 1.54) is 19.2 Å². The first-order chi connectivity index (χ1) is 13.6. The minimum Gasteiger partial charge on any atom is -0.496 e. The number of carbonyl (C=O) groups is 2. The molecule has 7 heteroatoms. The second-order valence-corrected chi connectivity index (χ2v) is 5.82. The zero-order chi connectivity index (χ0) is 19.9. The number of halogens is 1. The van der Waals surface area contributed by atoms with Crippen LogP contribution in [0.15, 0.2) is 65.3 Å². The molecule has 3 rings (SSSR count). The lowest BCUT2D eigenvalue weighted by Crippen LogP contribution is -2.16. The number of ether oxygens (including phenoxy) is 2. The van der Waals surface area contributed by atoms with Gasteiger partial charge in [-0.15, -0.1) is 0 Å². The standard InChI is InChI=1S/C21H18FNO5/c1-26-20-9-8-14(22)11-17(20)19(24)13-28-21(25)16-6-2-3-7-18(16)23-12-15-5-4-10-27-15/h2-11,23H,12-13H2,1H3. The van der Waals surface area contributed by atoms with Gasteiger partial charge < -0.3 is 19.2 Å². The molecule has 0 radical (unpaired) electrons. The second-order valence-electron chi connectivity index (χ2n) is 5.82. The first kappa shape index (κ1) is 19.2. The van der Waals surface area contributed by atoms with E-state index >= 15 is 0 Å². The Morgan fingerprint density at radius 3 is 2.64 bits per heavy atom. The van der Waals surface area contributed by atoms with Gasteiger partial charge in [-0.25, -0.2) is 9.18 Å². The molecule has 0 spiro atoms. The maximum Gasteiger partial charge on any atom is 0.340 e. The van der Waals surface area contributed by atoms with E-state index in [2.05, 4.69) is 5.32 Å². The number of para-hydroxylation sites is 1. The van der Waals surface area contributed by atoms with Gasteiger partial charge in [-0.1, -0.05) is 12.1 Å². The highest BCUT2D eigenvalue weighted by Crippen LogP contribution is 2.21. The number of nitrogens with one attached hydrogen (secondary N) is 1. The number of methoxy groups -OCH3 is 1. The zero-order valence-corrected chi connectivity index (χ0v) is 15.1. The van der Waals surface area contributed by atoms with Crippen molar-refractivity contribution in [2.24, 2.45) is 0 Å². The Labute approximate surface area is 160 Å². The monoisotopic (exact) mass is 383 g/mol. The molecule has 144 valence electrons. The Morgan fingerprint density at radius 2 is 1.89 bits per heavy atom. The van der Waals surface area contributed by atoms with E-state index in [0.29, 0.717) is 18.0 Å². The Bertz CT molecular complexity index is 969. The van der Waals surface area contributed by atoms with Crippen LogP contribution in [0.2, 0.25) is 0 Å². The molecule has 0 bridgehead atoms. The van der Waals surface area contributed by atoms with Crippen molar-refractivity contribution >= 4 is 17.4 Å². The molecule has 1 heterocycles. The van der Waals surface area contributed by atoms with Gasteiger partial charge in [0.2, 0.25) is 5.78 Å². The van der Waals surface area contributed by atoms with Crippen molar-refractivity contribution in [3.05, 3.63) is 83.6 Å². The van der Waals surface area contributed by atoms with E-state index in [4.69, 9.17) is 13.9 Å². The van der Waals surface area contributed by atoms with Gasteiger partial charge in [0.15, 0.2) is 6.61 Å². The summed E-state index contributed by atoms with van der Waals surface area (Å²) in [5.41, 5.74) is 0.826. The fraction of sp³-hybridized carbons (Fsp3) is 0.143. The van der Waals surface area contributed by atoms with Gasteiger partial charge in [0.05, 0.1) is 31.0 Å². The largest absolute Gasteiger partial charge is 0.496 e. The highest BCUT2D eigenvalue weighted by atomic mass is 19.1. The second kappa shape index (κ2) is 8.85. The van der Waals surface area contributed by atoms with Crippen LogP contribution in [0.25, 0.3) is 0 Å². The number of ketones is 1. The summed E-state index contributed by atoms with van der Waals surface area (Å²) in [4.78, 5) is 24.8. The van der Waals surface area contributed by atoms with Gasteiger partial charge in [0, 0.05) is 5.69 Å². The van der Waals surface area contributed by atoms with Crippen molar-refractivity contribution in [2.75, 3.05) is 19.0 Å². The molecular formula is C21H18FNO5. The maximum absolute atomic E-state index is 13.4. The molecule has 1 aromatic heterocycles. The zero-order valence-electron chi connectivity index (χ0n) is 15.1. The fourth-order valence-corrected chi connectivity index (χ4v) is 2.60. The highest BCUT2D eigenvalue weighted by Gasteiger charge is 2.18. The van der Waals surface area contributed by atoms with Crippen molar-refractivity contribution in [1.29, 1.82) is 0 Å². The number of carbonyl (C=O) groups excluding carboxylic acids is 2.